The lowest BCUT2D eigenvalue weighted by atomic mass is 9.87. The number of aliphatic hydroxyl groups is 1. The van der Waals surface area contributed by atoms with Crippen molar-refractivity contribution >= 4 is 27.3 Å². The van der Waals surface area contributed by atoms with Crippen molar-refractivity contribution in [2.45, 2.75) is 81.9 Å². The second-order valence-corrected chi connectivity index (χ2v) is 12.0. The molecule has 3 rings (SSSR count). The maximum atomic E-state index is 15.0. The van der Waals surface area contributed by atoms with Crippen LogP contribution in [0, 0.1) is 17.1 Å². The lowest BCUT2D eigenvalue weighted by Crippen LogP contribution is -2.32. The molecule has 0 unspecified atom stereocenters. The van der Waals surface area contributed by atoms with Gasteiger partial charge in [0.05, 0.1) is 17.7 Å². The topological polar surface area (TPSA) is 120 Å². The highest BCUT2D eigenvalue weighted by Crippen LogP contribution is 2.44. The Morgan fingerprint density at radius 3 is 2.55 bits per heavy atom. The zero-order valence-electron chi connectivity index (χ0n) is 19.3. The molecule has 0 spiro atoms. The largest absolute Gasteiger partial charge is 0.383 e. The molecule has 178 valence electrons. The fraction of sp³-hybridized carbons (Fsp3) is 0.522. The lowest BCUT2D eigenvalue weighted by molar-refractivity contribution is -0.118. The van der Waals surface area contributed by atoms with Crippen molar-refractivity contribution in [3.05, 3.63) is 44.8 Å². The molecular weight excluding hydrogens is 465 g/mol. The van der Waals surface area contributed by atoms with Crippen LogP contribution in [0.2, 0.25) is 0 Å². The summed E-state index contributed by atoms with van der Waals surface area (Å²) in [4.78, 5) is 17.1. The summed E-state index contributed by atoms with van der Waals surface area (Å²) in [5, 5.41) is 19.8. The first-order valence-corrected chi connectivity index (χ1v) is 13.1. The van der Waals surface area contributed by atoms with Gasteiger partial charge in [-0.05, 0) is 67.7 Å². The Morgan fingerprint density at radius 1 is 1.42 bits per heavy atom. The van der Waals surface area contributed by atoms with E-state index >= 15 is 4.39 Å². The van der Waals surface area contributed by atoms with Crippen molar-refractivity contribution in [1.29, 1.82) is 5.26 Å². The Kier molecular flexibility index (Phi) is 6.99. The Labute approximate surface area is 197 Å². The van der Waals surface area contributed by atoms with E-state index < -0.39 is 27.3 Å². The molecule has 0 bridgehead atoms. The highest BCUT2D eigenvalue weighted by atomic mass is 32.2. The zero-order chi connectivity index (χ0) is 24.7. The summed E-state index contributed by atoms with van der Waals surface area (Å²) in [6, 6.07) is 3.37. The predicted octanol–water partition coefficient (Wildman–Crippen LogP) is 3.99. The minimum absolute atomic E-state index is 0.0613. The van der Waals surface area contributed by atoms with Gasteiger partial charge < -0.3 is 5.11 Å². The number of aryl methyl sites for hydroxylation is 1. The van der Waals surface area contributed by atoms with Crippen LogP contribution in [0.3, 0.4) is 0 Å². The maximum Gasteiger partial charge on any atom is 0.275 e. The highest BCUT2D eigenvalue weighted by Gasteiger charge is 2.33. The third-order valence-corrected chi connectivity index (χ3v) is 8.84. The molecule has 0 radical (unpaired) electrons. The van der Waals surface area contributed by atoms with E-state index in [0.29, 0.717) is 12.0 Å². The summed E-state index contributed by atoms with van der Waals surface area (Å²) in [6.45, 7) is 8.30. The standard InChI is InChI=1S/C23H28FN3O4S2/c1-6-17-21(32-22(26-17)23(4,5)29)33(30,31)27-18(28)10-16-15(13-7-8-13)9-14(11-25)20(24)19(16)12(2)3/h9,12-13,29H,6-8,10H2,1-5H3,(H,27,28). The normalized spacial score (nSPS) is 14.4. The molecule has 1 fully saturated rings. The number of nitrogens with one attached hydrogen (secondary N) is 1. The Bertz CT molecular complexity index is 1230. The molecule has 0 saturated heterocycles. The fourth-order valence-corrected chi connectivity index (χ4v) is 6.46. The molecule has 2 aromatic rings. The Morgan fingerprint density at radius 2 is 2.06 bits per heavy atom. The van der Waals surface area contributed by atoms with Gasteiger partial charge in [-0.15, -0.1) is 11.3 Å². The summed E-state index contributed by atoms with van der Waals surface area (Å²) in [6.07, 6.45) is 1.74. The van der Waals surface area contributed by atoms with E-state index in [2.05, 4.69) is 9.71 Å². The van der Waals surface area contributed by atoms with Gasteiger partial charge in [-0.25, -0.2) is 22.5 Å². The molecule has 1 aromatic heterocycles. The first kappa shape index (κ1) is 25.3. The Balaban J connectivity index is 1.97. The number of nitrogens with zero attached hydrogens (tertiary/aromatic N) is 2. The molecule has 0 atom stereocenters. The van der Waals surface area contributed by atoms with Gasteiger partial charge in [0.2, 0.25) is 5.91 Å². The number of thiazole rings is 1. The van der Waals surface area contributed by atoms with Gasteiger partial charge in [-0.3, -0.25) is 4.79 Å². The highest BCUT2D eigenvalue weighted by molar-refractivity contribution is 7.92. The first-order chi connectivity index (χ1) is 15.3. The van der Waals surface area contributed by atoms with Gasteiger partial charge in [0, 0.05) is 0 Å². The van der Waals surface area contributed by atoms with Gasteiger partial charge in [0.15, 0.2) is 4.21 Å². The van der Waals surface area contributed by atoms with Crippen LogP contribution in [0.1, 0.15) is 92.3 Å². The van der Waals surface area contributed by atoms with Crippen LogP contribution in [0.25, 0.3) is 0 Å². The third kappa shape index (κ3) is 5.26. The average molecular weight is 494 g/mol. The van der Waals surface area contributed by atoms with E-state index in [1.54, 1.807) is 20.8 Å². The van der Waals surface area contributed by atoms with Crippen molar-refractivity contribution in [2.75, 3.05) is 0 Å². The predicted molar refractivity (Wildman–Crippen MR) is 123 cm³/mol. The zero-order valence-corrected chi connectivity index (χ0v) is 21.0. The number of benzene rings is 1. The van der Waals surface area contributed by atoms with Crippen molar-refractivity contribution in [1.82, 2.24) is 9.71 Å². The molecule has 1 saturated carbocycles. The molecule has 1 heterocycles. The van der Waals surface area contributed by atoms with E-state index in [0.717, 1.165) is 29.7 Å². The van der Waals surface area contributed by atoms with Crippen molar-refractivity contribution in [3.63, 3.8) is 0 Å². The summed E-state index contributed by atoms with van der Waals surface area (Å²) in [5.74, 6) is -1.61. The monoisotopic (exact) mass is 493 g/mol. The van der Waals surface area contributed by atoms with E-state index in [9.17, 15) is 23.6 Å². The van der Waals surface area contributed by atoms with Crippen molar-refractivity contribution < 1.29 is 22.7 Å². The van der Waals surface area contributed by atoms with Gasteiger partial charge in [-0.1, -0.05) is 20.8 Å². The molecule has 2 N–H and O–H groups in total. The second kappa shape index (κ2) is 9.12. The minimum atomic E-state index is -4.24. The van der Waals surface area contributed by atoms with Gasteiger partial charge in [0.1, 0.15) is 22.5 Å². The number of hydrogen-bond donors (Lipinski definition) is 2. The minimum Gasteiger partial charge on any atom is -0.383 e. The maximum absolute atomic E-state index is 15.0. The first-order valence-electron chi connectivity index (χ1n) is 10.8. The van der Waals surface area contributed by atoms with E-state index in [1.807, 2.05) is 6.07 Å². The second-order valence-electron chi connectivity index (χ2n) is 9.13. The van der Waals surface area contributed by atoms with Gasteiger partial charge in [0.25, 0.3) is 10.0 Å². The van der Waals surface area contributed by atoms with E-state index in [1.165, 1.54) is 19.9 Å². The third-order valence-electron chi connectivity index (χ3n) is 5.51. The van der Waals surface area contributed by atoms with Crippen LogP contribution in [0.15, 0.2) is 10.3 Å². The van der Waals surface area contributed by atoms with Gasteiger partial charge in [-0.2, -0.15) is 5.26 Å². The molecule has 33 heavy (non-hydrogen) atoms. The quantitative estimate of drug-likeness (QED) is 0.574. The number of aromatic nitrogens is 1. The van der Waals surface area contributed by atoms with Crippen LogP contribution < -0.4 is 4.72 Å². The summed E-state index contributed by atoms with van der Waals surface area (Å²) in [7, 11) is -4.24. The summed E-state index contributed by atoms with van der Waals surface area (Å²) < 4.78 is 43.0. The van der Waals surface area contributed by atoms with Crippen molar-refractivity contribution in [2.24, 2.45) is 0 Å². The van der Waals surface area contributed by atoms with Crippen LogP contribution in [-0.4, -0.2) is 24.4 Å². The van der Waals surface area contributed by atoms with E-state index in [4.69, 9.17) is 0 Å². The summed E-state index contributed by atoms with van der Waals surface area (Å²) in [5.41, 5.74) is 0.351. The molecule has 7 nitrogen and oxygen atoms in total. The van der Waals surface area contributed by atoms with Gasteiger partial charge >= 0.3 is 0 Å². The lowest BCUT2D eigenvalue weighted by Gasteiger charge is -2.19. The Hall–Kier alpha value is -2.35. The number of carbonyl (C=O) groups excluding carboxylic acids is 1. The van der Waals surface area contributed by atoms with Crippen LogP contribution >= 0.6 is 11.3 Å². The summed E-state index contributed by atoms with van der Waals surface area (Å²) >= 11 is 0.820. The average Bonchev–Trinajstić information content (AvgIpc) is 3.42. The number of rotatable bonds is 8. The molecule has 1 aliphatic carbocycles. The smallest absolute Gasteiger partial charge is 0.275 e. The van der Waals surface area contributed by atoms with E-state index in [-0.39, 0.29) is 44.3 Å². The van der Waals surface area contributed by atoms with Crippen LogP contribution in [0.4, 0.5) is 4.39 Å². The molecular formula is C23H28FN3O4S2. The number of sulfonamides is 1. The fourth-order valence-electron chi connectivity index (χ4n) is 3.80. The number of hydrogen-bond acceptors (Lipinski definition) is 7. The number of nitriles is 1. The molecule has 0 aliphatic heterocycles. The SMILES string of the molecule is CCc1nc(C(C)(C)O)sc1S(=O)(=O)NC(=O)Cc1c(C2CC2)cc(C#N)c(F)c1C(C)C. The van der Waals surface area contributed by atoms with Crippen LogP contribution in [0.5, 0.6) is 0 Å². The molecule has 1 aromatic carbocycles. The van der Waals surface area contributed by atoms with Crippen LogP contribution in [-0.2, 0) is 33.3 Å². The molecule has 10 heteroatoms. The van der Waals surface area contributed by atoms with Crippen molar-refractivity contribution in [3.8, 4) is 6.07 Å². The number of amides is 1. The molecule has 1 aliphatic rings. The number of halogens is 1. The molecule has 1 amide bonds. The number of carbonyl (C=O) groups is 1.